The Morgan fingerprint density at radius 1 is 1.37 bits per heavy atom. The third kappa shape index (κ3) is 7.31. The van der Waals surface area contributed by atoms with E-state index in [0.29, 0.717) is 10.0 Å². The van der Waals surface area contributed by atoms with Crippen molar-refractivity contribution in [1.29, 1.82) is 0 Å². The topological polar surface area (TPSA) is 60.4 Å². The molecule has 0 N–H and O–H groups in total. The summed E-state index contributed by atoms with van der Waals surface area (Å²) in [5.74, 6) is -0.321. The van der Waals surface area contributed by atoms with Gasteiger partial charge in [-0.2, -0.15) is 0 Å². The summed E-state index contributed by atoms with van der Waals surface area (Å²) in [7, 11) is 0. The van der Waals surface area contributed by atoms with Crippen LogP contribution < -0.4 is 0 Å². The lowest BCUT2D eigenvalue weighted by molar-refractivity contribution is -0.142. The molecule has 1 aromatic rings. The van der Waals surface area contributed by atoms with Crippen LogP contribution >= 0.6 is 15.9 Å². The molecule has 0 atom stereocenters. The molecule has 0 aromatic heterocycles. The highest BCUT2D eigenvalue weighted by molar-refractivity contribution is 9.10. The predicted molar refractivity (Wildman–Crippen MR) is 75.9 cm³/mol. The number of ether oxygens (including phenoxy) is 1. The van der Waals surface area contributed by atoms with Crippen LogP contribution in [0.1, 0.15) is 29.8 Å². The number of rotatable bonds is 4. The van der Waals surface area contributed by atoms with Gasteiger partial charge in [0.2, 0.25) is 0 Å². The standard InChI is InChI=1S/C10H9BrO3.C4H6O/c1-7(13)14-6-9-4-2-3-8(5-12)10(9)11;1-3-4(2)5/h2-5H,6H2,1H3;3H,1H2,2H3. The predicted octanol–water partition coefficient (Wildman–Crippen LogP) is 3.09. The molecule has 1 aromatic carbocycles. The summed E-state index contributed by atoms with van der Waals surface area (Å²) in [6, 6.07) is 5.22. The molecule has 0 aliphatic rings. The van der Waals surface area contributed by atoms with Gasteiger partial charge < -0.3 is 4.74 Å². The summed E-state index contributed by atoms with van der Waals surface area (Å²) in [5.41, 5.74) is 1.33. The van der Waals surface area contributed by atoms with Crippen molar-refractivity contribution in [2.45, 2.75) is 20.5 Å². The van der Waals surface area contributed by atoms with Crippen molar-refractivity contribution < 1.29 is 19.1 Å². The van der Waals surface area contributed by atoms with Gasteiger partial charge in [0.25, 0.3) is 0 Å². The molecule has 0 bridgehead atoms. The number of benzene rings is 1. The van der Waals surface area contributed by atoms with E-state index in [0.717, 1.165) is 11.8 Å². The number of hydrogen-bond acceptors (Lipinski definition) is 4. The molecule has 0 amide bonds. The first-order chi connectivity index (χ1) is 8.92. The molecule has 0 heterocycles. The van der Waals surface area contributed by atoms with Crippen LogP contribution in [0, 0.1) is 0 Å². The molecule has 0 saturated heterocycles. The first kappa shape index (κ1) is 17.2. The number of carbonyl (C=O) groups excluding carboxylic acids is 3. The minimum atomic E-state index is -0.339. The van der Waals surface area contributed by atoms with E-state index < -0.39 is 0 Å². The molecule has 0 saturated carbocycles. The number of hydrogen-bond donors (Lipinski definition) is 0. The van der Waals surface area contributed by atoms with Crippen LogP contribution in [0.3, 0.4) is 0 Å². The van der Waals surface area contributed by atoms with Crippen LogP contribution in [0.4, 0.5) is 0 Å². The van der Waals surface area contributed by atoms with Crippen molar-refractivity contribution >= 4 is 34.0 Å². The Morgan fingerprint density at radius 3 is 2.37 bits per heavy atom. The van der Waals surface area contributed by atoms with Gasteiger partial charge in [0, 0.05) is 22.5 Å². The van der Waals surface area contributed by atoms with E-state index in [1.807, 2.05) is 0 Å². The smallest absolute Gasteiger partial charge is 0.302 e. The van der Waals surface area contributed by atoms with Gasteiger partial charge in [0.1, 0.15) is 6.61 Å². The fourth-order valence-electron chi connectivity index (χ4n) is 0.982. The zero-order valence-electron chi connectivity index (χ0n) is 10.8. The minimum Gasteiger partial charge on any atom is -0.461 e. The van der Waals surface area contributed by atoms with Gasteiger partial charge in [-0.25, -0.2) is 0 Å². The molecule has 0 fully saturated rings. The highest BCUT2D eigenvalue weighted by Gasteiger charge is 2.05. The largest absolute Gasteiger partial charge is 0.461 e. The molecule has 102 valence electrons. The van der Waals surface area contributed by atoms with Crippen molar-refractivity contribution in [1.82, 2.24) is 0 Å². The lowest BCUT2D eigenvalue weighted by Crippen LogP contribution is -2.00. The van der Waals surface area contributed by atoms with E-state index in [-0.39, 0.29) is 18.4 Å². The van der Waals surface area contributed by atoms with Gasteiger partial charge in [-0.3, -0.25) is 14.4 Å². The Balaban J connectivity index is 0.000000555. The summed E-state index contributed by atoms with van der Waals surface area (Å²) in [5, 5.41) is 0. The fourth-order valence-corrected chi connectivity index (χ4v) is 1.45. The minimum absolute atomic E-state index is 0.0185. The third-order valence-corrected chi connectivity index (χ3v) is 2.92. The SMILES string of the molecule is C=CC(C)=O.CC(=O)OCc1cccc(C=O)c1Br. The molecular formula is C14H15BrO4. The Labute approximate surface area is 120 Å². The molecule has 0 unspecified atom stereocenters. The van der Waals surface area contributed by atoms with Crippen LogP contribution in [0.25, 0.3) is 0 Å². The molecule has 0 spiro atoms. The van der Waals surface area contributed by atoms with Gasteiger partial charge in [0.05, 0.1) is 0 Å². The number of aldehydes is 1. The van der Waals surface area contributed by atoms with Crippen LogP contribution in [0.2, 0.25) is 0 Å². The van der Waals surface area contributed by atoms with Crippen LogP contribution in [0.5, 0.6) is 0 Å². The van der Waals surface area contributed by atoms with Crippen LogP contribution in [-0.2, 0) is 20.9 Å². The summed E-state index contributed by atoms with van der Waals surface area (Å²) in [4.78, 5) is 30.9. The lowest BCUT2D eigenvalue weighted by Gasteiger charge is -2.05. The summed E-state index contributed by atoms with van der Waals surface area (Å²) >= 11 is 3.27. The molecule has 19 heavy (non-hydrogen) atoms. The molecule has 0 aliphatic carbocycles. The van der Waals surface area contributed by atoms with E-state index in [1.165, 1.54) is 19.9 Å². The Kier molecular flexibility index (Phi) is 8.37. The maximum absolute atomic E-state index is 10.6. The first-order valence-corrected chi connectivity index (χ1v) is 6.20. The van der Waals surface area contributed by atoms with Crippen molar-refractivity contribution in [3.8, 4) is 0 Å². The molecule has 0 radical (unpaired) electrons. The number of allylic oxidation sites excluding steroid dienone is 1. The van der Waals surface area contributed by atoms with Gasteiger partial charge >= 0.3 is 5.97 Å². The highest BCUT2D eigenvalue weighted by atomic mass is 79.9. The average Bonchev–Trinajstić information content (AvgIpc) is 2.38. The second-order valence-electron chi connectivity index (χ2n) is 3.53. The maximum Gasteiger partial charge on any atom is 0.302 e. The van der Waals surface area contributed by atoms with E-state index in [4.69, 9.17) is 4.74 Å². The van der Waals surface area contributed by atoms with Crippen molar-refractivity contribution in [2.24, 2.45) is 0 Å². The summed E-state index contributed by atoms with van der Waals surface area (Å²) in [6.07, 6.45) is 2.03. The van der Waals surface area contributed by atoms with E-state index >= 15 is 0 Å². The second-order valence-corrected chi connectivity index (χ2v) is 4.33. The van der Waals surface area contributed by atoms with Gasteiger partial charge in [-0.15, -0.1) is 0 Å². The second kappa shape index (κ2) is 9.22. The summed E-state index contributed by atoms with van der Waals surface area (Å²) in [6.45, 7) is 6.20. The molecule has 0 aliphatic heterocycles. The average molecular weight is 327 g/mol. The Morgan fingerprint density at radius 2 is 1.95 bits per heavy atom. The molecule has 5 heteroatoms. The van der Waals surface area contributed by atoms with Crippen molar-refractivity contribution in [3.05, 3.63) is 46.5 Å². The normalized spacial score (nSPS) is 8.79. The third-order valence-electron chi connectivity index (χ3n) is 1.95. The van der Waals surface area contributed by atoms with E-state index in [1.54, 1.807) is 18.2 Å². The van der Waals surface area contributed by atoms with Crippen LogP contribution in [0.15, 0.2) is 35.3 Å². The molecular weight excluding hydrogens is 312 g/mol. The van der Waals surface area contributed by atoms with Gasteiger partial charge in [-0.05, 0) is 28.9 Å². The maximum atomic E-state index is 10.6. The molecule has 4 nitrogen and oxygen atoms in total. The number of ketones is 1. The quantitative estimate of drug-likeness (QED) is 0.484. The zero-order valence-corrected chi connectivity index (χ0v) is 12.4. The van der Waals surface area contributed by atoms with E-state index in [2.05, 4.69) is 22.5 Å². The monoisotopic (exact) mass is 326 g/mol. The van der Waals surface area contributed by atoms with Crippen molar-refractivity contribution in [2.75, 3.05) is 0 Å². The zero-order chi connectivity index (χ0) is 14.8. The molecule has 1 rings (SSSR count). The first-order valence-electron chi connectivity index (χ1n) is 5.41. The van der Waals surface area contributed by atoms with Gasteiger partial charge in [-0.1, -0.05) is 24.8 Å². The Bertz CT molecular complexity index is 480. The number of halogens is 1. The fraction of sp³-hybridized carbons (Fsp3) is 0.214. The van der Waals surface area contributed by atoms with Crippen molar-refractivity contribution in [3.63, 3.8) is 0 Å². The van der Waals surface area contributed by atoms with Gasteiger partial charge in [0.15, 0.2) is 12.1 Å². The van der Waals surface area contributed by atoms with E-state index in [9.17, 15) is 14.4 Å². The number of esters is 1. The summed E-state index contributed by atoms with van der Waals surface area (Å²) < 4.78 is 5.50. The lowest BCUT2D eigenvalue weighted by atomic mass is 10.1. The van der Waals surface area contributed by atoms with Crippen LogP contribution in [-0.4, -0.2) is 18.0 Å². The highest BCUT2D eigenvalue weighted by Crippen LogP contribution is 2.21. The number of carbonyl (C=O) groups is 3. The Hall–Kier alpha value is -1.75.